The Labute approximate surface area is 535 Å². The highest BCUT2D eigenvalue weighted by atomic mass is 19.1. The maximum absolute atomic E-state index is 15.6. The van der Waals surface area contributed by atoms with Crippen LogP contribution in [0.4, 0.5) is 4.39 Å². The first kappa shape index (κ1) is 67.7. The quantitative estimate of drug-likeness (QED) is 0.123. The molecule has 5 aliphatic heterocycles. The summed E-state index contributed by atoms with van der Waals surface area (Å²) in [5.41, 5.74) is 3.82. The van der Waals surface area contributed by atoms with E-state index < -0.39 is 108 Å². The van der Waals surface area contributed by atoms with Crippen molar-refractivity contribution in [2.45, 2.75) is 166 Å². The third kappa shape index (κ3) is 16.9. The topological polar surface area (TPSA) is 276 Å². The predicted molar refractivity (Wildman–Crippen MR) is 338 cm³/mol. The summed E-state index contributed by atoms with van der Waals surface area (Å²) in [4.78, 5) is 134. The average Bonchev–Trinajstić information content (AvgIpc) is 1.65. The van der Waals surface area contributed by atoms with Gasteiger partial charge in [0.25, 0.3) is 0 Å². The number of hydrogen-bond donors (Lipinski definition) is 6. The number of halogens is 1. The summed E-state index contributed by atoms with van der Waals surface area (Å²) in [6.45, 7) is 5.80. The molecule has 0 radical (unpaired) electrons. The van der Waals surface area contributed by atoms with Gasteiger partial charge in [-0.3, -0.25) is 43.2 Å². The van der Waals surface area contributed by atoms with Gasteiger partial charge in [0, 0.05) is 88.1 Å². The van der Waals surface area contributed by atoms with E-state index in [1.165, 1.54) is 43.1 Å². The Morgan fingerprint density at radius 2 is 1.50 bits per heavy atom. The highest BCUT2D eigenvalue weighted by Crippen LogP contribution is 2.32. The van der Waals surface area contributed by atoms with Crippen molar-refractivity contribution >= 4 is 64.1 Å². The number of methoxy groups -OCH3 is 2. The van der Waals surface area contributed by atoms with Crippen molar-refractivity contribution in [2.24, 2.45) is 5.92 Å². The van der Waals surface area contributed by atoms with E-state index in [2.05, 4.69) is 26.6 Å². The normalized spacial score (nSPS) is 24.4. The van der Waals surface area contributed by atoms with Crippen molar-refractivity contribution in [3.63, 3.8) is 0 Å². The van der Waals surface area contributed by atoms with E-state index in [0.717, 1.165) is 35.1 Å². The molecule has 5 aliphatic rings. The van der Waals surface area contributed by atoms with Crippen LogP contribution < -0.4 is 31.3 Å². The Morgan fingerprint density at radius 3 is 2.24 bits per heavy atom. The first-order valence-corrected chi connectivity index (χ1v) is 32.0. The first-order valence-electron chi connectivity index (χ1n) is 32.0. The number of aliphatic hydroxyl groups is 1. The van der Waals surface area contributed by atoms with Crippen LogP contribution in [-0.4, -0.2) is 167 Å². The molecule has 10 rings (SSSR count). The Morgan fingerprint density at radius 1 is 0.761 bits per heavy atom. The second-order valence-electron chi connectivity index (χ2n) is 24.9. The molecule has 4 aromatic carbocycles. The number of aryl methyl sites for hydroxylation is 1. The Kier molecular flexibility index (Phi) is 22.9. The van der Waals surface area contributed by atoms with E-state index >= 15 is 18.8 Å². The molecule has 0 saturated carbocycles. The second-order valence-corrected chi connectivity index (χ2v) is 24.9. The van der Waals surface area contributed by atoms with Crippen LogP contribution in [0.2, 0.25) is 0 Å². The average molecular weight is 1270 g/mol. The molecule has 0 aliphatic carbocycles. The van der Waals surface area contributed by atoms with Gasteiger partial charge in [0.15, 0.2) is 0 Å². The van der Waals surface area contributed by atoms with Crippen LogP contribution in [0, 0.1) is 11.7 Å². The molecule has 6 N–H and O–H groups in total. The Bertz CT molecular complexity index is 3490. The van der Waals surface area contributed by atoms with Gasteiger partial charge in [-0.25, -0.2) is 4.39 Å². The molecule has 92 heavy (non-hydrogen) atoms. The van der Waals surface area contributed by atoms with Crippen LogP contribution in [0.25, 0.3) is 10.9 Å². The number of carbonyl (C=O) groups excluding carboxylic acids is 9. The minimum atomic E-state index is -1.75. The summed E-state index contributed by atoms with van der Waals surface area (Å²) in [5.74, 6) is -5.95. The Balaban J connectivity index is 1.07. The summed E-state index contributed by atoms with van der Waals surface area (Å²) < 4.78 is 33.9. The van der Waals surface area contributed by atoms with Crippen molar-refractivity contribution in [1.82, 2.24) is 45.9 Å². The van der Waals surface area contributed by atoms with Crippen molar-refractivity contribution in [2.75, 3.05) is 47.0 Å². The number of aliphatic hydroxyl groups excluding tert-OH is 1. The molecule has 0 unspecified atom stereocenters. The number of fused-ring (bicyclic) bond motifs is 21. The first-order chi connectivity index (χ1) is 44.2. The fraction of sp³-hybridized carbons (Fsp3) is 0.493. The fourth-order valence-corrected chi connectivity index (χ4v) is 13.0. The predicted octanol–water partition coefficient (Wildman–Crippen LogP) is 4.50. The van der Waals surface area contributed by atoms with Gasteiger partial charge >= 0.3 is 5.97 Å². The molecule has 5 aromatic rings. The molecule has 6 heterocycles. The fourth-order valence-electron chi connectivity index (χ4n) is 13.0. The molecule has 23 heteroatoms. The lowest BCUT2D eigenvalue weighted by atomic mass is 9.95. The summed E-state index contributed by atoms with van der Waals surface area (Å²) in [6.07, 6.45) is 3.12. The molecule has 0 spiro atoms. The maximum atomic E-state index is 15.6. The van der Waals surface area contributed by atoms with Gasteiger partial charge in [-0.1, -0.05) is 80.4 Å². The maximum Gasteiger partial charge on any atom is 0.306 e. The zero-order valence-electron chi connectivity index (χ0n) is 53.1. The summed E-state index contributed by atoms with van der Waals surface area (Å²) in [5, 5.41) is 26.3. The van der Waals surface area contributed by atoms with Crippen LogP contribution in [0.3, 0.4) is 0 Å². The largest absolute Gasteiger partial charge is 0.497 e. The number of nitrogens with one attached hydrogen (secondary N) is 5. The van der Waals surface area contributed by atoms with E-state index in [1.807, 2.05) is 59.3 Å². The number of hydrogen-bond acceptors (Lipinski definition) is 13. The monoisotopic (exact) mass is 1270 g/mol. The van der Waals surface area contributed by atoms with Gasteiger partial charge in [-0.15, -0.1) is 0 Å². The summed E-state index contributed by atoms with van der Waals surface area (Å²) in [7, 11) is 2.79. The zero-order chi connectivity index (χ0) is 65.6. The van der Waals surface area contributed by atoms with E-state index in [-0.39, 0.29) is 70.6 Å². The van der Waals surface area contributed by atoms with Gasteiger partial charge in [-0.05, 0) is 123 Å². The number of amides is 8. The highest BCUT2D eigenvalue weighted by molar-refractivity contribution is 5.99. The lowest BCUT2D eigenvalue weighted by molar-refractivity contribution is -0.148. The molecule has 22 nitrogen and oxygen atoms in total. The van der Waals surface area contributed by atoms with Crippen LogP contribution in [-0.2, 0) is 97.9 Å². The van der Waals surface area contributed by atoms with Gasteiger partial charge in [0.2, 0.25) is 47.3 Å². The van der Waals surface area contributed by atoms with Crippen molar-refractivity contribution in [1.29, 1.82) is 0 Å². The van der Waals surface area contributed by atoms with Crippen molar-refractivity contribution < 1.29 is 66.9 Å². The van der Waals surface area contributed by atoms with E-state index in [1.54, 1.807) is 49.1 Å². The third-order valence-electron chi connectivity index (χ3n) is 18.2. The molecule has 8 atom stereocenters. The van der Waals surface area contributed by atoms with E-state index in [4.69, 9.17) is 14.2 Å². The molecule has 10 bridgehead atoms. The number of ether oxygens (including phenoxy) is 3. The number of carbonyl (C=O) groups is 9. The second kappa shape index (κ2) is 31.1. The molecular formula is C69H86FN9O13. The third-order valence-corrected chi connectivity index (χ3v) is 18.2. The number of rotatable bonds is 7. The van der Waals surface area contributed by atoms with Gasteiger partial charge < -0.3 is 65.2 Å². The number of aromatic nitrogens is 1. The molecule has 2 saturated heterocycles. The van der Waals surface area contributed by atoms with Crippen molar-refractivity contribution in [3.8, 4) is 5.75 Å². The lowest BCUT2D eigenvalue weighted by Crippen LogP contribution is -2.63. The summed E-state index contributed by atoms with van der Waals surface area (Å²) in [6, 6.07) is 20.4. The zero-order valence-corrected chi connectivity index (χ0v) is 53.1. The van der Waals surface area contributed by atoms with Gasteiger partial charge in [0.1, 0.15) is 47.9 Å². The molecule has 8 amide bonds. The summed E-state index contributed by atoms with van der Waals surface area (Å²) >= 11 is 0. The highest BCUT2D eigenvalue weighted by Gasteiger charge is 2.49. The Hall–Kier alpha value is -8.70. The van der Waals surface area contributed by atoms with Gasteiger partial charge in [-0.2, -0.15) is 0 Å². The smallest absolute Gasteiger partial charge is 0.306 e. The van der Waals surface area contributed by atoms with Gasteiger partial charge in [0.05, 0.1) is 32.8 Å². The number of nitrogens with zero attached hydrogens (tertiary/aromatic N) is 4. The molecule has 1 aromatic heterocycles. The molecular weight excluding hydrogens is 1180 g/mol. The van der Waals surface area contributed by atoms with Crippen LogP contribution >= 0.6 is 0 Å². The van der Waals surface area contributed by atoms with Crippen LogP contribution in [0.5, 0.6) is 5.75 Å². The lowest BCUT2D eigenvalue weighted by Gasteiger charge is -2.37. The van der Waals surface area contributed by atoms with E-state index in [9.17, 15) is 33.9 Å². The molecule has 2 fully saturated rings. The molecule has 492 valence electrons. The van der Waals surface area contributed by atoms with Crippen LogP contribution in [0.1, 0.15) is 112 Å². The van der Waals surface area contributed by atoms with E-state index in [0.29, 0.717) is 79.5 Å². The number of benzene rings is 4. The minimum absolute atomic E-state index is 0.0238. The van der Waals surface area contributed by atoms with Crippen molar-refractivity contribution in [3.05, 3.63) is 136 Å². The SMILES string of the molecule is COC(=O)CCC(=O)N1CCCCCCn2cc(c3cc(F)ccc32)C[C@@H]2NC(=O)[C@@H](C)Cc3cccc(c3)CNC(=O)CO[C@H]3CCN(C2=O)[C@@H]3C(=O)N[C@@H]([C@@H](C)O)C(=O)N[C@@H](Cc2ccc(OC)cc2)C(=O)N2CCC[C@@]2(C)C(=O)NCCc2ccc(cc2)C1. The number of esters is 1. The van der Waals surface area contributed by atoms with Crippen LogP contribution in [0.15, 0.2) is 97.2 Å². The standard InChI is InChI=1S/C69H86FN9O13/c1-43-34-48-12-10-13-49(35-48)39-72-58(81)42-92-57-27-33-78-62(57)65(86)75-61(44(2)80)64(85)74-54(36-46-18-21-52(90-4)22-19-46)67(88)79-32-11-28-69(79,3)68(89)71-29-26-45-14-16-47(17-15-45)40-77(59(82)24-25-60(83)91-5)31-9-7-6-8-30-76-41-50(37-55(66(78)87)73-63(43)84)53-38-51(70)20-23-56(53)76/h10,12-23,35,38,41,43-44,54-55,57,61-62,80H,6-9,11,24-34,36-37,39-40,42H2,1-5H3,(H,71,89)(H,72,81)(H,73,84)(H,74,85)(H,75,86)/t43-,44+,54-,55-,57-,61-,62-,69-/m0/s1. The minimum Gasteiger partial charge on any atom is -0.497 e.